The molecule has 2 heteroatoms. The van der Waals surface area contributed by atoms with Gasteiger partial charge in [0, 0.05) is 18.6 Å². The topological polar surface area (TPSA) is 15.3 Å². The summed E-state index contributed by atoms with van der Waals surface area (Å²) in [5.74, 6) is 0.751. The second kappa shape index (κ2) is 6.49. The first-order chi connectivity index (χ1) is 7.15. The van der Waals surface area contributed by atoms with Crippen molar-refractivity contribution in [2.75, 3.05) is 19.6 Å². The largest absolute Gasteiger partial charge is 0.312 e. The SMILES string of the molecule is CCC(NCC(C)N1CCCC1)C(C)C. The molecular formula is C13H28N2. The highest BCUT2D eigenvalue weighted by Crippen LogP contribution is 2.12. The third kappa shape index (κ3) is 4.12. The lowest BCUT2D eigenvalue weighted by atomic mass is 10.0. The maximum Gasteiger partial charge on any atom is 0.0192 e. The fourth-order valence-electron chi connectivity index (χ4n) is 2.48. The van der Waals surface area contributed by atoms with E-state index in [1.807, 2.05) is 0 Å². The summed E-state index contributed by atoms with van der Waals surface area (Å²) >= 11 is 0. The van der Waals surface area contributed by atoms with Crippen LogP contribution in [0.25, 0.3) is 0 Å². The fraction of sp³-hybridized carbons (Fsp3) is 1.00. The Hall–Kier alpha value is -0.0800. The Kier molecular flexibility index (Phi) is 5.62. The van der Waals surface area contributed by atoms with Gasteiger partial charge in [0.15, 0.2) is 0 Å². The van der Waals surface area contributed by atoms with Gasteiger partial charge in [-0.15, -0.1) is 0 Å². The monoisotopic (exact) mass is 212 g/mol. The molecule has 1 saturated heterocycles. The van der Waals surface area contributed by atoms with E-state index in [0.29, 0.717) is 12.1 Å². The molecule has 15 heavy (non-hydrogen) atoms. The molecule has 1 rings (SSSR count). The summed E-state index contributed by atoms with van der Waals surface area (Å²) in [7, 11) is 0. The van der Waals surface area contributed by atoms with Gasteiger partial charge in [-0.05, 0) is 45.2 Å². The molecular weight excluding hydrogens is 184 g/mol. The first kappa shape index (κ1) is 13.0. The average molecular weight is 212 g/mol. The number of nitrogens with zero attached hydrogens (tertiary/aromatic N) is 1. The van der Waals surface area contributed by atoms with Crippen LogP contribution in [-0.4, -0.2) is 36.6 Å². The smallest absolute Gasteiger partial charge is 0.0192 e. The number of nitrogens with one attached hydrogen (secondary N) is 1. The summed E-state index contributed by atoms with van der Waals surface area (Å²) in [4.78, 5) is 2.61. The van der Waals surface area contributed by atoms with Gasteiger partial charge in [-0.3, -0.25) is 4.90 Å². The van der Waals surface area contributed by atoms with Gasteiger partial charge in [0.25, 0.3) is 0 Å². The van der Waals surface area contributed by atoms with Gasteiger partial charge in [-0.25, -0.2) is 0 Å². The van der Waals surface area contributed by atoms with Crippen molar-refractivity contribution in [1.82, 2.24) is 10.2 Å². The van der Waals surface area contributed by atoms with Crippen molar-refractivity contribution in [3.8, 4) is 0 Å². The molecule has 1 N–H and O–H groups in total. The van der Waals surface area contributed by atoms with Crippen LogP contribution in [0.1, 0.15) is 47.0 Å². The van der Waals surface area contributed by atoms with Gasteiger partial charge in [0.05, 0.1) is 0 Å². The van der Waals surface area contributed by atoms with Crippen molar-refractivity contribution in [2.45, 2.75) is 59.0 Å². The highest BCUT2D eigenvalue weighted by atomic mass is 15.2. The third-order valence-electron chi connectivity index (χ3n) is 3.68. The Morgan fingerprint density at radius 3 is 2.20 bits per heavy atom. The van der Waals surface area contributed by atoms with E-state index >= 15 is 0 Å². The Morgan fingerprint density at radius 1 is 1.13 bits per heavy atom. The summed E-state index contributed by atoms with van der Waals surface area (Å²) in [5, 5.41) is 3.70. The zero-order valence-electron chi connectivity index (χ0n) is 10.9. The van der Waals surface area contributed by atoms with Gasteiger partial charge in [-0.2, -0.15) is 0 Å². The maximum absolute atomic E-state index is 3.70. The van der Waals surface area contributed by atoms with E-state index in [9.17, 15) is 0 Å². The minimum atomic E-state index is 0.690. The van der Waals surface area contributed by atoms with Crippen LogP contribution in [0.4, 0.5) is 0 Å². The molecule has 1 fully saturated rings. The molecule has 1 aliphatic heterocycles. The molecule has 0 saturated carbocycles. The van der Waals surface area contributed by atoms with E-state index < -0.39 is 0 Å². The first-order valence-corrected chi connectivity index (χ1v) is 6.62. The quantitative estimate of drug-likeness (QED) is 0.728. The maximum atomic E-state index is 3.70. The Bertz CT molecular complexity index is 162. The van der Waals surface area contributed by atoms with Gasteiger partial charge >= 0.3 is 0 Å². The highest BCUT2D eigenvalue weighted by molar-refractivity contribution is 4.77. The molecule has 0 aromatic heterocycles. The van der Waals surface area contributed by atoms with Crippen LogP contribution in [0.15, 0.2) is 0 Å². The summed E-state index contributed by atoms with van der Waals surface area (Å²) in [6.45, 7) is 13.0. The molecule has 1 aliphatic rings. The van der Waals surface area contributed by atoms with Crippen LogP contribution in [0.5, 0.6) is 0 Å². The summed E-state index contributed by atoms with van der Waals surface area (Å²) in [6, 6.07) is 1.40. The second-order valence-electron chi connectivity index (χ2n) is 5.26. The predicted octanol–water partition coefficient (Wildman–Crippen LogP) is 2.49. The minimum Gasteiger partial charge on any atom is -0.312 e. The molecule has 2 unspecified atom stereocenters. The summed E-state index contributed by atoms with van der Waals surface area (Å²) < 4.78 is 0. The number of hydrogen-bond acceptors (Lipinski definition) is 2. The fourth-order valence-corrected chi connectivity index (χ4v) is 2.48. The normalized spacial score (nSPS) is 22.2. The van der Waals surface area contributed by atoms with Crippen LogP contribution in [-0.2, 0) is 0 Å². The molecule has 0 aromatic rings. The van der Waals surface area contributed by atoms with Crippen molar-refractivity contribution < 1.29 is 0 Å². The molecule has 2 nitrogen and oxygen atoms in total. The molecule has 0 radical (unpaired) electrons. The molecule has 2 atom stereocenters. The molecule has 0 amide bonds. The van der Waals surface area contributed by atoms with Crippen LogP contribution in [0.2, 0.25) is 0 Å². The van der Waals surface area contributed by atoms with E-state index in [0.717, 1.165) is 12.5 Å². The first-order valence-electron chi connectivity index (χ1n) is 6.62. The zero-order chi connectivity index (χ0) is 11.3. The lowest BCUT2D eigenvalue weighted by Crippen LogP contribution is -2.43. The standard InChI is InChI=1S/C13H28N2/c1-5-13(11(2)3)14-10-12(4)15-8-6-7-9-15/h11-14H,5-10H2,1-4H3. The summed E-state index contributed by atoms with van der Waals surface area (Å²) in [6.07, 6.45) is 4.03. The van der Waals surface area contributed by atoms with E-state index in [-0.39, 0.29) is 0 Å². The molecule has 0 aliphatic carbocycles. The van der Waals surface area contributed by atoms with Crippen LogP contribution >= 0.6 is 0 Å². The predicted molar refractivity (Wildman–Crippen MR) is 67.2 cm³/mol. The number of likely N-dealkylation sites (tertiary alicyclic amines) is 1. The number of hydrogen-bond donors (Lipinski definition) is 1. The van der Waals surface area contributed by atoms with Gasteiger partial charge < -0.3 is 5.32 Å². The van der Waals surface area contributed by atoms with Crippen LogP contribution < -0.4 is 5.32 Å². The third-order valence-corrected chi connectivity index (χ3v) is 3.68. The van der Waals surface area contributed by atoms with Crippen molar-refractivity contribution >= 4 is 0 Å². The molecule has 90 valence electrons. The Morgan fingerprint density at radius 2 is 1.73 bits per heavy atom. The van der Waals surface area contributed by atoms with Crippen molar-refractivity contribution in [3.05, 3.63) is 0 Å². The van der Waals surface area contributed by atoms with Gasteiger partial charge in [-0.1, -0.05) is 20.8 Å². The van der Waals surface area contributed by atoms with Crippen molar-refractivity contribution in [1.29, 1.82) is 0 Å². The van der Waals surface area contributed by atoms with Gasteiger partial charge in [0.1, 0.15) is 0 Å². The van der Waals surface area contributed by atoms with E-state index in [1.165, 1.54) is 32.4 Å². The van der Waals surface area contributed by atoms with E-state index in [1.54, 1.807) is 0 Å². The van der Waals surface area contributed by atoms with E-state index in [4.69, 9.17) is 0 Å². The molecule has 0 spiro atoms. The average Bonchev–Trinajstić information content (AvgIpc) is 2.70. The highest BCUT2D eigenvalue weighted by Gasteiger charge is 2.19. The van der Waals surface area contributed by atoms with Crippen LogP contribution in [0, 0.1) is 5.92 Å². The minimum absolute atomic E-state index is 0.690. The lowest BCUT2D eigenvalue weighted by molar-refractivity contribution is 0.237. The number of rotatable bonds is 6. The lowest BCUT2D eigenvalue weighted by Gasteiger charge is -2.28. The summed E-state index contributed by atoms with van der Waals surface area (Å²) in [5.41, 5.74) is 0. The second-order valence-corrected chi connectivity index (χ2v) is 5.26. The van der Waals surface area contributed by atoms with Gasteiger partial charge in [0.2, 0.25) is 0 Å². The molecule has 1 heterocycles. The Balaban J connectivity index is 2.22. The van der Waals surface area contributed by atoms with Crippen molar-refractivity contribution in [2.24, 2.45) is 5.92 Å². The van der Waals surface area contributed by atoms with E-state index in [2.05, 4.69) is 37.9 Å². The zero-order valence-corrected chi connectivity index (χ0v) is 10.9. The molecule has 0 bridgehead atoms. The van der Waals surface area contributed by atoms with Crippen LogP contribution in [0.3, 0.4) is 0 Å². The Labute approximate surface area is 95.4 Å². The molecule has 0 aromatic carbocycles. The van der Waals surface area contributed by atoms with Crippen molar-refractivity contribution in [3.63, 3.8) is 0 Å².